The van der Waals surface area contributed by atoms with Crippen molar-refractivity contribution in [1.82, 2.24) is 4.90 Å². The summed E-state index contributed by atoms with van der Waals surface area (Å²) in [6, 6.07) is 30.1. The number of hydrogen-bond donors (Lipinski definition) is 0. The third-order valence-electron chi connectivity index (χ3n) is 4.97. The second-order valence-corrected chi connectivity index (χ2v) is 6.83. The van der Waals surface area contributed by atoms with E-state index in [4.69, 9.17) is 0 Å². The van der Waals surface area contributed by atoms with Gasteiger partial charge in [0, 0.05) is 12.1 Å². The molecule has 0 N–H and O–H groups in total. The van der Waals surface area contributed by atoms with Crippen LogP contribution in [0, 0.1) is 11.8 Å². The first kappa shape index (κ1) is 16.6. The highest BCUT2D eigenvalue weighted by Crippen LogP contribution is 2.21. The molecule has 0 unspecified atom stereocenters. The van der Waals surface area contributed by atoms with E-state index in [1.807, 2.05) is 6.07 Å². The van der Waals surface area contributed by atoms with Crippen molar-refractivity contribution in [3.8, 4) is 23.0 Å². The molecule has 0 radical (unpaired) electrons. The Kier molecular flexibility index (Phi) is 5.14. The molecule has 1 atom stereocenters. The van der Waals surface area contributed by atoms with E-state index in [1.54, 1.807) is 0 Å². The second-order valence-electron chi connectivity index (χ2n) is 6.83. The van der Waals surface area contributed by atoms with Gasteiger partial charge in [0.1, 0.15) is 0 Å². The Morgan fingerprint density at radius 1 is 0.769 bits per heavy atom. The van der Waals surface area contributed by atoms with Crippen LogP contribution in [0.1, 0.15) is 24.0 Å². The maximum Gasteiger partial charge on any atom is 0.0721 e. The van der Waals surface area contributed by atoms with Gasteiger partial charge in [-0.05, 0) is 48.2 Å². The fraction of sp³-hybridized carbons (Fsp3) is 0.200. The monoisotopic (exact) mass is 337 g/mol. The highest BCUT2D eigenvalue weighted by atomic mass is 15.2. The molecular formula is C25H23N. The van der Waals surface area contributed by atoms with Crippen molar-refractivity contribution in [2.24, 2.45) is 0 Å². The van der Waals surface area contributed by atoms with E-state index < -0.39 is 0 Å². The second kappa shape index (κ2) is 8.04. The number of hydrogen-bond acceptors (Lipinski definition) is 1. The third-order valence-corrected chi connectivity index (χ3v) is 4.97. The zero-order valence-corrected chi connectivity index (χ0v) is 14.9. The maximum absolute atomic E-state index is 3.50. The van der Waals surface area contributed by atoms with E-state index in [-0.39, 0.29) is 0 Å². The number of benzene rings is 3. The van der Waals surface area contributed by atoms with Gasteiger partial charge in [-0.1, -0.05) is 84.6 Å². The van der Waals surface area contributed by atoms with Crippen LogP contribution in [0.25, 0.3) is 11.1 Å². The molecule has 0 spiro atoms. The highest BCUT2D eigenvalue weighted by molar-refractivity contribution is 5.64. The minimum Gasteiger partial charge on any atom is -0.285 e. The van der Waals surface area contributed by atoms with Crippen LogP contribution in [0.4, 0.5) is 0 Å². The van der Waals surface area contributed by atoms with Crippen molar-refractivity contribution in [2.75, 3.05) is 6.54 Å². The molecule has 1 aliphatic heterocycles. The molecule has 0 amide bonds. The molecule has 0 aliphatic carbocycles. The van der Waals surface area contributed by atoms with Crippen LogP contribution in [-0.4, -0.2) is 17.5 Å². The summed E-state index contributed by atoms with van der Waals surface area (Å²) in [6.07, 6.45) is 2.40. The lowest BCUT2D eigenvalue weighted by atomic mass is 10.0. The topological polar surface area (TPSA) is 3.24 Å². The van der Waals surface area contributed by atoms with Crippen LogP contribution in [0.2, 0.25) is 0 Å². The maximum atomic E-state index is 3.50. The molecule has 3 aromatic carbocycles. The summed E-state index contributed by atoms with van der Waals surface area (Å²) in [5, 5.41) is 0. The molecule has 1 nitrogen and oxygen atoms in total. The largest absolute Gasteiger partial charge is 0.285 e. The van der Waals surface area contributed by atoms with Gasteiger partial charge in [-0.2, -0.15) is 0 Å². The van der Waals surface area contributed by atoms with Gasteiger partial charge in [-0.15, -0.1) is 0 Å². The Hall–Kier alpha value is -2.82. The molecule has 128 valence electrons. The van der Waals surface area contributed by atoms with Gasteiger partial charge in [0.2, 0.25) is 0 Å². The number of likely N-dealkylation sites (tertiary alicyclic amines) is 1. The van der Waals surface area contributed by atoms with Crippen LogP contribution in [0.3, 0.4) is 0 Å². The zero-order chi connectivity index (χ0) is 17.6. The van der Waals surface area contributed by atoms with E-state index >= 15 is 0 Å². The van der Waals surface area contributed by atoms with E-state index in [1.165, 1.54) is 29.5 Å². The lowest BCUT2D eigenvalue weighted by Gasteiger charge is -2.20. The first-order valence-corrected chi connectivity index (χ1v) is 9.33. The van der Waals surface area contributed by atoms with Crippen molar-refractivity contribution in [3.05, 3.63) is 96.1 Å². The molecular weight excluding hydrogens is 314 g/mol. The SMILES string of the molecule is C(#C[C@@H]1CCCN1Cc1ccccc1)c1ccc(-c2ccccc2)cc1. The summed E-state index contributed by atoms with van der Waals surface area (Å²) >= 11 is 0. The Morgan fingerprint density at radius 2 is 1.42 bits per heavy atom. The van der Waals surface area contributed by atoms with Gasteiger partial charge in [0.15, 0.2) is 0 Å². The van der Waals surface area contributed by atoms with Gasteiger partial charge in [-0.25, -0.2) is 0 Å². The molecule has 1 saturated heterocycles. The normalized spacial score (nSPS) is 16.8. The summed E-state index contributed by atoms with van der Waals surface area (Å²) < 4.78 is 0. The van der Waals surface area contributed by atoms with Crippen molar-refractivity contribution >= 4 is 0 Å². The Balaban J connectivity index is 1.45. The summed E-state index contributed by atoms with van der Waals surface area (Å²) in [5.74, 6) is 6.89. The van der Waals surface area contributed by atoms with E-state index in [0.29, 0.717) is 6.04 Å². The molecule has 0 aromatic heterocycles. The molecule has 0 bridgehead atoms. The average molecular weight is 337 g/mol. The standard InChI is InChI=1S/C25H23N/c1-3-8-22(9-4-1)20-26-19-7-12-25(26)18-15-21-13-16-24(17-14-21)23-10-5-2-6-11-23/h1-6,8-11,13-14,16-17,25H,7,12,19-20H2/t25-/m0/s1. The van der Waals surface area contributed by atoms with Gasteiger partial charge in [0.05, 0.1) is 6.04 Å². The molecule has 1 heteroatoms. The van der Waals surface area contributed by atoms with Crippen LogP contribution in [-0.2, 0) is 6.54 Å². The highest BCUT2D eigenvalue weighted by Gasteiger charge is 2.22. The minimum absolute atomic E-state index is 0.365. The molecule has 3 aromatic rings. The van der Waals surface area contributed by atoms with Gasteiger partial charge in [0.25, 0.3) is 0 Å². The van der Waals surface area contributed by atoms with Crippen LogP contribution < -0.4 is 0 Å². The Bertz CT molecular complexity index is 886. The Morgan fingerprint density at radius 3 is 2.15 bits per heavy atom. The van der Waals surface area contributed by atoms with Gasteiger partial charge < -0.3 is 0 Å². The molecule has 26 heavy (non-hydrogen) atoms. The van der Waals surface area contributed by atoms with Crippen molar-refractivity contribution in [1.29, 1.82) is 0 Å². The quantitative estimate of drug-likeness (QED) is 0.581. The van der Waals surface area contributed by atoms with Crippen LogP contribution in [0.5, 0.6) is 0 Å². The predicted octanol–water partition coefficient (Wildman–Crippen LogP) is 5.37. The summed E-state index contributed by atoms with van der Waals surface area (Å²) in [7, 11) is 0. The molecule has 1 heterocycles. The summed E-state index contributed by atoms with van der Waals surface area (Å²) in [6.45, 7) is 2.13. The zero-order valence-electron chi connectivity index (χ0n) is 14.9. The lowest BCUT2D eigenvalue weighted by Crippen LogP contribution is -2.27. The summed E-state index contributed by atoms with van der Waals surface area (Å²) in [4.78, 5) is 2.50. The predicted molar refractivity (Wildman–Crippen MR) is 109 cm³/mol. The van der Waals surface area contributed by atoms with Crippen LogP contribution >= 0.6 is 0 Å². The van der Waals surface area contributed by atoms with Gasteiger partial charge >= 0.3 is 0 Å². The van der Waals surface area contributed by atoms with Crippen molar-refractivity contribution < 1.29 is 0 Å². The minimum atomic E-state index is 0.365. The average Bonchev–Trinajstić information content (AvgIpc) is 3.15. The van der Waals surface area contributed by atoms with Crippen LogP contribution in [0.15, 0.2) is 84.9 Å². The van der Waals surface area contributed by atoms with Crippen molar-refractivity contribution in [2.45, 2.75) is 25.4 Å². The first-order valence-electron chi connectivity index (χ1n) is 9.33. The van der Waals surface area contributed by atoms with E-state index in [0.717, 1.165) is 18.7 Å². The van der Waals surface area contributed by atoms with E-state index in [9.17, 15) is 0 Å². The van der Waals surface area contributed by atoms with E-state index in [2.05, 4.69) is 95.6 Å². The third kappa shape index (κ3) is 4.04. The molecule has 1 aliphatic rings. The van der Waals surface area contributed by atoms with Gasteiger partial charge in [-0.3, -0.25) is 4.90 Å². The lowest BCUT2D eigenvalue weighted by molar-refractivity contribution is 0.288. The molecule has 4 rings (SSSR count). The smallest absolute Gasteiger partial charge is 0.0721 e. The first-order chi connectivity index (χ1) is 12.9. The fourth-order valence-electron chi connectivity index (χ4n) is 3.54. The molecule has 0 saturated carbocycles. The Labute approximate surface area is 156 Å². The van der Waals surface area contributed by atoms with Crippen molar-refractivity contribution in [3.63, 3.8) is 0 Å². The number of nitrogens with zero attached hydrogens (tertiary/aromatic N) is 1. The number of rotatable bonds is 3. The fourth-order valence-corrected chi connectivity index (χ4v) is 3.54. The summed E-state index contributed by atoms with van der Waals surface area (Å²) in [5.41, 5.74) is 4.95. The molecule has 1 fully saturated rings.